The molecule has 0 spiro atoms. The molecule has 0 bridgehead atoms. The third-order valence-corrected chi connectivity index (χ3v) is 5.03. The zero-order valence-electron chi connectivity index (χ0n) is 13.5. The quantitative estimate of drug-likeness (QED) is 0.891. The molecule has 0 radical (unpaired) electrons. The Hall–Kier alpha value is -1.09. The van der Waals surface area contributed by atoms with Crippen molar-refractivity contribution in [3.8, 4) is 0 Å². The first-order valence-electron chi connectivity index (χ1n) is 7.99. The van der Waals surface area contributed by atoms with Crippen molar-refractivity contribution in [2.75, 3.05) is 25.0 Å². The van der Waals surface area contributed by atoms with Gasteiger partial charge in [-0.25, -0.2) is 4.98 Å². The summed E-state index contributed by atoms with van der Waals surface area (Å²) in [6, 6.07) is 4.42. The van der Waals surface area contributed by atoms with Gasteiger partial charge in [-0.1, -0.05) is 26.7 Å². The lowest BCUT2D eigenvalue weighted by atomic mass is 9.74. The summed E-state index contributed by atoms with van der Waals surface area (Å²) in [5, 5.41) is 3.23. The average molecular weight is 275 g/mol. The van der Waals surface area contributed by atoms with Crippen molar-refractivity contribution in [3.63, 3.8) is 0 Å². The van der Waals surface area contributed by atoms with E-state index < -0.39 is 0 Å². The molecule has 0 aliphatic carbocycles. The van der Waals surface area contributed by atoms with Crippen LogP contribution in [0, 0.1) is 12.3 Å². The topological polar surface area (TPSA) is 28.2 Å². The maximum Gasteiger partial charge on any atom is 0.129 e. The van der Waals surface area contributed by atoms with Crippen LogP contribution in [-0.2, 0) is 6.54 Å². The highest BCUT2D eigenvalue weighted by atomic mass is 15.2. The summed E-state index contributed by atoms with van der Waals surface area (Å²) in [4.78, 5) is 7.21. The molecule has 1 saturated heterocycles. The Morgan fingerprint density at radius 1 is 1.20 bits per heavy atom. The lowest BCUT2D eigenvalue weighted by Gasteiger charge is -2.41. The van der Waals surface area contributed by atoms with Gasteiger partial charge in [0.25, 0.3) is 0 Å². The van der Waals surface area contributed by atoms with Crippen LogP contribution in [0.2, 0.25) is 0 Å². The van der Waals surface area contributed by atoms with Gasteiger partial charge < -0.3 is 10.2 Å². The molecular weight excluding hydrogens is 246 g/mol. The van der Waals surface area contributed by atoms with E-state index in [0.29, 0.717) is 5.41 Å². The molecule has 1 aliphatic rings. The zero-order valence-corrected chi connectivity index (χ0v) is 13.5. The second-order valence-electron chi connectivity index (χ2n) is 6.20. The molecular formula is C17H29N3. The number of anilines is 1. The first kappa shape index (κ1) is 15.3. The summed E-state index contributed by atoms with van der Waals surface area (Å²) >= 11 is 0. The van der Waals surface area contributed by atoms with Crippen molar-refractivity contribution >= 4 is 5.82 Å². The highest BCUT2D eigenvalue weighted by Crippen LogP contribution is 2.38. The molecule has 1 aromatic heterocycles. The fourth-order valence-electron chi connectivity index (χ4n) is 3.36. The van der Waals surface area contributed by atoms with E-state index in [-0.39, 0.29) is 0 Å². The third kappa shape index (κ3) is 3.32. The van der Waals surface area contributed by atoms with Crippen molar-refractivity contribution in [2.45, 2.75) is 53.0 Å². The summed E-state index contributed by atoms with van der Waals surface area (Å²) in [6.45, 7) is 9.99. The van der Waals surface area contributed by atoms with Gasteiger partial charge in [0.05, 0.1) is 0 Å². The summed E-state index contributed by atoms with van der Waals surface area (Å²) in [5.74, 6) is 1.16. The van der Waals surface area contributed by atoms with E-state index >= 15 is 0 Å². The minimum atomic E-state index is 0.578. The number of rotatable bonds is 5. The fourth-order valence-corrected chi connectivity index (χ4v) is 3.36. The number of aryl methyl sites for hydroxylation is 1. The van der Waals surface area contributed by atoms with Crippen LogP contribution in [-0.4, -0.2) is 25.1 Å². The fraction of sp³-hybridized carbons (Fsp3) is 0.706. The van der Waals surface area contributed by atoms with E-state index in [1.165, 1.54) is 31.2 Å². The van der Waals surface area contributed by atoms with E-state index in [2.05, 4.69) is 43.1 Å². The molecule has 0 unspecified atom stereocenters. The molecule has 3 heteroatoms. The minimum Gasteiger partial charge on any atom is -0.357 e. The molecule has 0 saturated carbocycles. The maximum absolute atomic E-state index is 4.74. The molecule has 1 N–H and O–H groups in total. The number of pyridine rings is 1. The van der Waals surface area contributed by atoms with Gasteiger partial charge in [0, 0.05) is 25.3 Å². The smallest absolute Gasteiger partial charge is 0.129 e. The van der Waals surface area contributed by atoms with Gasteiger partial charge in [-0.15, -0.1) is 0 Å². The van der Waals surface area contributed by atoms with Gasteiger partial charge in [0.15, 0.2) is 0 Å². The maximum atomic E-state index is 4.74. The van der Waals surface area contributed by atoms with Crippen molar-refractivity contribution in [1.82, 2.24) is 10.3 Å². The summed E-state index contributed by atoms with van der Waals surface area (Å²) in [6.07, 6.45) is 5.22. The molecule has 1 aliphatic heterocycles. The number of hydrogen-bond donors (Lipinski definition) is 1. The number of nitrogens with zero attached hydrogens (tertiary/aromatic N) is 2. The van der Waals surface area contributed by atoms with Crippen molar-refractivity contribution in [2.24, 2.45) is 5.41 Å². The number of aromatic nitrogens is 1. The number of piperidine rings is 1. The molecule has 1 fully saturated rings. The first-order chi connectivity index (χ1) is 9.62. The van der Waals surface area contributed by atoms with E-state index in [9.17, 15) is 0 Å². The summed E-state index contributed by atoms with van der Waals surface area (Å²) < 4.78 is 0. The Labute approximate surface area is 123 Å². The standard InChI is InChI=1S/C17H29N3/c1-5-17(6-2)7-9-20(10-8-17)16-12-15(13-18-4)11-14(3)19-16/h11-12,18H,5-10,13H2,1-4H3. The summed E-state index contributed by atoms with van der Waals surface area (Å²) in [7, 11) is 1.99. The van der Waals surface area contributed by atoms with Crippen LogP contribution in [0.3, 0.4) is 0 Å². The molecule has 2 rings (SSSR count). The summed E-state index contributed by atoms with van der Waals surface area (Å²) in [5.41, 5.74) is 3.03. The molecule has 0 amide bonds. The monoisotopic (exact) mass is 275 g/mol. The van der Waals surface area contributed by atoms with Gasteiger partial charge in [-0.05, 0) is 49.9 Å². The Morgan fingerprint density at radius 3 is 2.40 bits per heavy atom. The highest BCUT2D eigenvalue weighted by Gasteiger charge is 2.31. The Balaban J connectivity index is 2.10. The Morgan fingerprint density at radius 2 is 1.85 bits per heavy atom. The molecule has 0 aromatic carbocycles. The van der Waals surface area contributed by atoms with Crippen LogP contribution < -0.4 is 10.2 Å². The number of nitrogens with one attached hydrogen (secondary N) is 1. The van der Waals surface area contributed by atoms with E-state index in [1.54, 1.807) is 0 Å². The van der Waals surface area contributed by atoms with E-state index in [0.717, 1.165) is 31.1 Å². The van der Waals surface area contributed by atoms with Crippen LogP contribution in [0.4, 0.5) is 5.82 Å². The van der Waals surface area contributed by atoms with E-state index in [1.807, 2.05) is 7.05 Å². The first-order valence-corrected chi connectivity index (χ1v) is 7.99. The second kappa shape index (κ2) is 6.57. The molecule has 0 atom stereocenters. The lowest BCUT2D eigenvalue weighted by Crippen LogP contribution is -2.40. The van der Waals surface area contributed by atoms with Crippen molar-refractivity contribution in [1.29, 1.82) is 0 Å². The zero-order chi connectivity index (χ0) is 14.6. The predicted octanol–water partition coefficient (Wildman–Crippen LogP) is 3.52. The average Bonchev–Trinajstić information content (AvgIpc) is 2.47. The van der Waals surface area contributed by atoms with Crippen molar-refractivity contribution in [3.05, 3.63) is 23.4 Å². The minimum absolute atomic E-state index is 0.578. The second-order valence-corrected chi connectivity index (χ2v) is 6.20. The normalized spacial score (nSPS) is 18.3. The van der Waals surface area contributed by atoms with Gasteiger partial charge >= 0.3 is 0 Å². The van der Waals surface area contributed by atoms with Gasteiger partial charge in [-0.2, -0.15) is 0 Å². The molecule has 112 valence electrons. The molecule has 3 nitrogen and oxygen atoms in total. The molecule has 2 heterocycles. The van der Waals surface area contributed by atoms with Gasteiger partial charge in [0.2, 0.25) is 0 Å². The Kier molecular flexibility index (Phi) is 5.03. The SMILES string of the molecule is CCC1(CC)CCN(c2cc(CNC)cc(C)n2)CC1. The molecule has 20 heavy (non-hydrogen) atoms. The van der Waals surface area contributed by atoms with Crippen LogP contribution in [0.1, 0.15) is 50.8 Å². The van der Waals surface area contributed by atoms with Crippen LogP contribution in [0.15, 0.2) is 12.1 Å². The largest absolute Gasteiger partial charge is 0.357 e. The molecule has 1 aromatic rings. The van der Waals surface area contributed by atoms with Crippen LogP contribution in [0.5, 0.6) is 0 Å². The third-order valence-electron chi connectivity index (χ3n) is 5.03. The Bertz CT molecular complexity index is 428. The van der Waals surface area contributed by atoms with Gasteiger partial charge in [0.1, 0.15) is 5.82 Å². The van der Waals surface area contributed by atoms with Crippen LogP contribution in [0.25, 0.3) is 0 Å². The van der Waals surface area contributed by atoms with Gasteiger partial charge in [-0.3, -0.25) is 0 Å². The van der Waals surface area contributed by atoms with Crippen molar-refractivity contribution < 1.29 is 0 Å². The lowest BCUT2D eigenvalue weighted by molar-refractivity contribution is 0.199. The van der Waals surface area contributed by atoms with Crippen LogP contribution >= 0.6 is 0 Å². The predicted molar refractivity (Wildman–Crippen MR) is 86.2 cm³/mol. The number of hydrogen-bond acceptors (Lipinski definition) is 3. The highest BCUT2D eigenvalue weighted by molar-refractivity contribution is 5.43. The van der Waals surface area contributed by atoms with E-state index in [4.69, 9.17) is 4.98 Å².